The average Bonchev–Trinajstić information content (AvgIpc) is 2.35. The molecule has 0 spiro atoms. The van der Waals surface area contributed by atoms with E-state index in [1.807, 2.05) is 0 Å². The number of fused-ring (bicyclic) bond motifs is 1. The molecule has 0 fully saturated rings. The van der Waals surface area contributed by atoms with Gasteiger partial charge in [-0.05, 0) is 6.07 Å². The highest BCUT2D eigenvalue weighted by Crippen LogP contribution is 2.34. The van der Waals surface area contributed by atoms with Crippen molar-refractivity contribution >= 4 is 11.6 Å². The van der Waals surface area contributed by atoms with Gasteiger partial charge in [0, 0.05) is 11.6 Å². The fourth-order valence-corrected chi connectivity index (χ4v) is 1.38. The first-order chi connectivity index (χ1) is 5.68. The van der Waals surface area contributed by atoms with Crippen LogP contribution >= 0.6 is 11.6 Å². The van der Waals surface area contributed by atoms with E-state index in [0.29, 0.717) is 17.9 Å². The maximum absolute atomic E-state index is 12.9. The predicted octanol–water partition coefficient (Wildman–Crippen LogP) is 1.87. The van der Waals surface area contributed by atoms with Gasteiger partial charge >= 0.3 is 0 Å². The molecule has 64 valence electrons. The fourth-order valence-electron chi connectivity index (χ4n) is 1.23. The fraction of sp³-hybridized carbons (Fsp3) is 0.250. The zero-order chi connectivity index (χ0) is 8.72. The summed E-state index contributed by atoms with van der Waals surface area (Å²) in [6, 6.07) is 2.56. The lowest BCUT2D eigenvalue weighted by Crippen LogP contribution is -2.10. The zero-order valence-electron chi connectivity index (χ0n) is 6.18. The van der Waals surface area contributed by atoms with Gasteiger partial charge in [-0.1, -0.05) is 11.6 Å². The molecular weight excluding hydrogens is 181 g/mol. The van der Waals surface area contributed by atoms with Crippen molar-refractivity contribution in [1.82, 2.24) is 0 Å². The van der Waals surface area contributed by atoms with E-state index in [2.05, 4.69) is 0 Å². The summed E-state index contributed by atoms with van der Waals surface area (Å²) < 4.78 is 18.1. The topological polar surface area (TPSA) is 35.2 Å². The smallest absolute Gasteiger partial charge is 0.142 e. The highest BCUT2D eigenvalue weighted by atomic mass is 35.5. The maximum atomic E-state index is 12.9. The van der Waals surface area contributed by atoms with Gasteiger partial charge < -0.3 is 10.5 Å². The quantitative estimate of drug-likeness (QED) is 0.673. The normalized spacial score (nSPS) is 20.4. The van der Waals surface area contributed by atoms with Crippen molar-refractivity contribution in [1.29, 1.82) is 0 Å². The molecule has 1 aromatic rings. The summed E-state index contributed by atoms with van der Waals surface area (Å²) in [5, 5.41) is 0.0721. The Balaban J connectivity index is 2.56. The molecule has 4 heteroatoms. The van der Waals surface area contributed by atoms with Crippen LogP contribution in [0.4, 0.5) is 4.39 Å². The molecular formula is C8H7ClFNO. The van der Waals surface area contributed by atoms with Crippen molar-refractivity contribution in [2.75, 3.05) is 6.61 Å². The van der Waals surface area contributed by atoms with Gasteiger partial charge in [0.2, 0.25) is 0 Å². The lowest BCUT2D eigenvalue weighted by molar-refractivity contribution is 0.333. The van der Waals surface area contributed by atoms with E-state index >= 15 is 0 Å². The van der Waals surface area contributed by atoms with Gasteiger partial charge in [-0.2, -0.15) is 0 Å². The first-order valence-electron chi connectivity index (χ1n) is 3.56. The number of nitrogens with two attached hydrogens (primary N) is 1. The van der Waals surface area contributed by atoms with Crippen LogP contribution in [-0.4, -0.2) is 6.61 Å². The minimum absolute atomic E-state index is 0.0721. The van der Waals surface area contributed by atoms with E-state index in [9.17, 15) is 4.39 Å². The van der Waals surface area contributed by atoms with Gasteiger partial charge in [-0.25, -0.2) is 4.39 Å². The Bertz CT molecular complexity index is 329. The van der Waals surface area contributed by atoms with Crippen LogP contribution in [0.15, 0.2) is 12.1 Å². The Kier molecular flexibility index (Phi) is 1.70. The largest absolute Gasteiger partial charge is 0.491 e. The Morgan fingerprint density at radius 3 is 3.08 bits per heavy atom. The molecule has 0 aromatic heterocycles. The summed E-state index contributed by atoms with van der Waals surface area (Å²) in [6.45, 7) is 0.398. The third-order valence-corrected chi connectivity index (χ3v) is 2.16. The number of benzene rings is 1. The third-order valence-electron chi connectivity index (χ3n) is 1.87. The van der Waals surface area contributed by atoms with E-state index in [0.717, 1.165) is 0 Å². The van der Waals surface area contributed by atoms with E-state index in [-0.39, 0.29) is 11.1 Å². The molecule has 1 aromatic carbocycles. The van der Waals surface area contributed by atoms with Crippen molar-refractivity contribution in [3.63, 3.8) is 0 Å². The molecule has 0 saturated carbocycles. The molecule has 0 unspecified atom stereocenters. The number of halogens is 2. The lowest BCUT2D eigenvalue weighted by atomic mass is 10.1. The first kappa shape index (κ1) is 7.83. The van der Waals surface area contributed by atoms with Crippen LogP contribution in [0.25, 0.3) is 0 Å². The Labute approximate surface area is 74.1 Å². The van der Waals surface area contributed by atoms with Crippen LogP contribution in [0.5, 0.6) is 5.75 Å². The second kappa shape index (κ2) is 2.61. The summed E-state index contributed by atoms with van der Waals surface area (Å²) in [7, 11) is 0. The second-order valence-electron chi connectivity index (χ2n) is 2.72. The van der Waals surface area contributed by atoms with E-state index < -0.39 is 5.82 Å². The van der Waals surface area contributed by atoms with E-state index in [1.54, 1.807) is 0 Å². The lowest BCUT2D eigenvalue weighted by Gasteiger charge is -2.01. The van der Waals surface area contributed by atoms with Crippen LogP contribution in [0, 0.1) is 5.82 Å². The van der Waals surface area contributed by atoms with Crippen molar-refractivity contribution in [2.45, 2.75) is 6.04 Å². The third kappa shape index (κ3) is 1.06. The molecule has 1 atom stereocenters. The highest BCUT2D eigenvalue weighted by Gasteiger charge is 2.22. The SMILES string of the molecule is N[C@@H]1COc2cc(Cl)c(F)cc21. The van der Waals surface area contributed by atoms with Crippen LogP contribution in [0.2, 0.25) is 5.02 Å². The summed E-state index contributed by atoms with van der Waals surface area (Å²) >= 11 is 5.54. The van der Waals surface area contributed by atoms with Gasteiger partial charge in [0.15, 0.2) is 0 Å². The Morgan fingerprint density at radius 1 is 1.58 bits per heavy atom. The molecule has 12 heavy (non-hydrogen) atoms. The number of rotatable bonds is 0. The maximum Gasteiger partial charge on any atom is 0.142 e. The molecule has 0 amide bonds. The van der Waals surface area contributed by atoms with Gasteiger partial charge in [0.05, 0.1) is 11.1 Å². The van der Waals surface area contributed by atoms with Crippen LogP contribution in [0.1, 0.15) is 11.6 Å². The standard InChI is InChI=1S/C8H7ClFNO/c9-5-2-8-4(1-6(5)10)7(11)3-12-8/h1-2,7H,3,11H2/t7-/m1/s1. The number of hydrogen-bond acceptors (Lipinski definition) is 2. The molecule has 1 heterocycles. The molecule has 0 radical (unpaired) electrons. The van der Waals surface area contributed by atoms with Crippen LogP contribution in [-0.2, 0) is 0 Å². The van der Waals surface area contributed by atoms with E-state index in [1.165, 1.54) is 12.1 Å². The predicted molar refractivity (Wildman–Crippen MR) is 43.8 cm³/mol. The Morgan fingerprint density at radius 2 is 2.33 bits per heavy atom. The number of hydrogen-bond donors (Lipinski definition) is 1. The molecule has 1 aliphatic rings. The van der Waals surface area contributed by atoms with Gasteiger partial charge in [-0.3, -0.25) is 0 Å². The minimum atomic E-state index is -0.448. The highest BCUT2D eigenvalue weighted by molar-refractivity contribution is 6.30. The average molecular weight is 188 g/mol. The minimum Gasteiger partial charge on any atom is -0.491 e. The molecule has 1 aliphatic heterocycles. The number of ether oxygens (including phenoxy) is 1. The molecule has 0 saturated heterocycles. The van der Waals surface area contributed by atoms with Crippen molar-refractivity contribution in [3.05, 3.63) is 28.5 Å². The van der Waals surface area contributed by atoms with Gasteiger partial charge in [-0.15, -0.1) is 0 Å². The molecule has 2 N–H and O–H groups in total. The Hall–Kier alpha value is -0.800. The molecule has 2 nitrogen and oxygen atoms in total. The molecule has 2 rings (SSSR count). The molecule has 0 aliphatic carbocycles. The van der Waals surface area contributed by atoms with Crippen molar-refractivity contribution < 1.29 is 9.13 Å². The summed E-state index contributed by atoms with van der Waals surface area (Å²) in [4.78, 5) is 0. The molecule has 0 bridgehead atoms. The van der Waals surface area contributed by atoms with E-state index in [4.69, 9.17) is 22.1 Å². The summed E-state index contributed by atoms with van der Waals surface area (Å²) in [5.41, 5.74) is 6.32. The second-order valence-corrected chi connectivity index (χ2v) is 3.13. The monoisotopic (exact) mass is 187 g/mol. The summed E-state index contributed by atoms with van der Waals surface area (Å²) in [5.74, 6) is 0.144. The zero-order valence-corrected chi connectivity index (χ0v) is 6.94. The van der Waals surface area contributed by atoms with Crippen LogP contribution in [0.3, 0.4) is 0 Å². The van der Waals surface area contributed by atoms with Crippen LogP contribution < -0.4 is 10.5 Å². The van der Waals surface area contributed by atoms with Gasteiger partial charge in [0.25, 0.3) is 0 Å². The summed E-state index contributed by atoms with van der Waals surface area (Å²) in [6.07, 6.45) is 0. The van der Waals surface area contributed by atoms with Crippen molar-refractivity contribution in [2.24, 2.45) is 5.73 Å². The van der Waals surface area contributed by atoms with Gasteiger partial charge in [0.1, 0.15) is 18.2 Å². The first-order valence-corrected chi connectivity index (χ1v) is 3.93. The van der Waals surface area contributed by atoms with Crippen molar-refractivity contribution in [3.8, 4) is 5.75 Å².